The van der Waals surface area contributed by atoms with Crippen LogP contribution in [0.4, 0.5) is 0 Å². The third-order valence-corrected chi connectivity index (χ3v) is 8.29. The van der Waals surface area contributed by atoms with Crippen LogP contribution in [0.5, 0.6) is 0 Å². The predicted octanol–water partition coefficient (Wildman–Crippen LogP) is 11.7. The summed E-state index contributed by atoms with van der Waals surface area (Å²) in [5.74, 6) is 0.179. The van der Waals surface area contributed by atoms with Gasteiger partial charge in [0.2, 0.25) is 0 Å². The highest BCUT2D eigenvalue weighted by atomic mass is 16.4. The zero-order valence-corrected chi connectivity index (χ0v) is 26.6. The summed E-state index contributed by atoms with van der Waals surface area (Å²) in [6, 6.07) is 0. The van der Waals surface area contributed by atoms with Gasteiger partial charge in [-0.25, -0.2) is 0 Å². The predicted molar refractivity (Wildman–Crippen MR) is 172 cm³/mol. The minimum Gasteiger partial charge on any atom is -0.481 e. The number of allylic oxidation sites excluding steroid dienone is 4. The number of carboxylic acids is 2. The molecule has 0 rings (SSSR count). The Hall–Kier alpha value is -1.58. The number of hydrogen-bond donors (Lipinski definition) is 2. The third kappa shape index (κ3) is 28.0. The molecule has 0 heterocycles. The summed E-state index contributed by atoms with van der Waals surface area (Å²) in [5.41, 5.74) is 0. The van der Waals surface area contributed by atoms with Crippen molar-refractivity contribution in [3.05, 3.63) is 24.3 Å². The van der Waals surface area contributed by atoms with E-state index in [0.717, 1.165) is 50.4 Å². The van der Waals surface area contributed by atoms with Gasteiger partial charge < -0.3 is 10.2 Å². The van der Waals surface area contributed by atoms with Gasteiger partial charge in [0.1, 0.15) is 0 Å². The van der Waals surface area contributed by atoms with Crippen LogP contribution in [-0.2, 0) is 9.59 Å². The molecule has 0 aliphatic heterocycles. The summed E-state index contributed by atoms with van der Waals surface area (Å²) < 4.78 is 0. The standard InChI is InChI=1S/C36H66O4/c1-3-5-7-9-11-15-21-27-33(29-23-17-13-19-25-31-35(37)38)34(28-22-16-12-10-8-6-4-2)30-24-18-14-20-26-32-36(39)40/h11-12,15-16,33-34H,3-10,13-14,17-32H2,1-2H3,(H,37,38)(H,39,40). The van der Waals surface area contributed by atoms with E-state index < -0.39 is 11.9 Å². The van der Waals surface area contributed by atoms with E-state index in [0.29, 0.717) is 12.8 Å². The second kappa shape index (κ2) is 30.4. The van der Waals surface area contributed by atoms with E-state index in [4.69, 9.17) is 10.2 Å². The van der Waals surface area contributed by atoms with Gasteiger partial charge in [0.15, 0.2) is 0 Å². The number of hydrogen-bond acceptors (Lipinski definition) is 2. The van der Waals surface area contributed by atoms with Crippen molar-refractivity contribution in [2.24, 2.45) is 11.8 Å². The molecule has 0 bridgehead atoms. The molecule has 2 N–H and O–H groups in total. The zero-order valence-electron chi connectivity index (χ0n) is 26.6. The molecule has 0 fully saturated rings. The number of carbonyl (C=O) groups is 2. The van der Waals surface area contributed by atoms with Crippen LogP contribution in [0, 0.1) is 11.8 Å². The van der Waals surface area contributed by atoms with Crippen LogP contribution >= 0.6 is 0 Å². The molecule has 0 aliphatic carbocycles. The van der Waals surface area contributed by atoms with E-state index in [9.17, 15) is 9.59 Å². The summed E-state index contributed by atoms with van der Waals surface area (Å²) in [7, 11) is 0. The van der Waals surface area contributed by atoms with E-state index in [1.54, 1.807) is 0 Å². The lowest BCUT2D eigenvalue weighted by Gasteiger charge is -2.27. The largest absolute Gasteiger partial charge is 0.481 e. The highest BCUT2D eigenvalue weighted by molar-refractivity contribution is 5.66. The van der Waals surface area contributed by atoms with Crippen LogP contribution in [0.3, 0.4) is 0 Å². The van der Waals surface area contributed by atoms with Crippen LogP contribution in [0.1, 0.15) is 181 Å². The van der Waals surface area contributed by atoms with Crippen molar-refractivity contribution in [1.29, 1.82) is 0 Å². The molecule has 0 saturated heterocycles. The van der Waals surface area contributed by atoms with Gasteiger partial charge in [0.25, 0.3) is 0 Å². The Morgan fingerprint density at radius 1 is 0.450 bits per heavy atom. The minimum absolute atomic E-state index is 0.303. The molecule has 40 heavy (non-hydrogen) atoms. The molecule has 4 nitrogen and oxygen atoms in total. The number of aliphatic carboxylic acids is 2. The molecule has 2 unspecified atom stereocenters. The summed E-state index contributed by atoms with van der Waals surface area (Å²) in [4.78, 5) is 21.6. The van der Waals surface area contributed by atoms with Crippen molar-refractivity contribution >= 4 is 11.9 Å². The first kappa shape index (κ1) is 38.4. The molecule has 0 aromatic carbocycles. The molecule has 0 spiro atoms. The van der Waals surface area contributed by atoms with Crippen molar-refractivity contribution < 1.29 is 19.8 Å². The van der Waals surface area contributed by atoms with Crippen LogP contribution in [0.2, 0.25) is 0 Å². The van der Waals surface area contributed by atoms with Gasteiger partial charge in [0.05, 0.1) is 0 Å². The first-order chi connectivity index (χ1) is 19.5. The van der Waals surface area contributed by atoms with Gasteiger partial charge in [-0.2, -0.15) is 0 Å². The van der Waals surface area contributed by atoms with Gasteiger partial charge in [0, 0.05) is 12.8 Å². The normalized spacial score (nSPS) is 13.3. The summed E-state index contributed by atoms with van der Waals surface area (Å²) >= 11 is 0. The van der Waals surface area contributed by atoms with E-state index >= 15 is 0 Å². The Labute approximate surface area is 248 Å². The molecule has 2 atom stereocenters. The summed E-state index contributed by atoms with van der Waals surface area (Å²) in [6.45, 7) is 4.52. The lowest BCUT2D eigenvalue weighted by Crippen LogP contribution is -2.15. The molecule has 0 amide bonds. The second-order valence-electron chi connectivity index (χ2n) is 12.0. The third-order valence-electron chi connectivity index (χ3n) is 8.29. The van der Waals surface area contributed by atoms with Crippen LogP contribution < -0.4 is 0 Å². The van der Waals surface area contributed by atoms with E-state index in [2.05, 4.69) is 38.2 Å². The molecule has 0 radical (unpaired) electrons. The number of rotatable bonds is 31. The van der Waals surface area contributed by atoms with Gasteiger partial charge in [-0.15, -0.1) is 0 Å². The van der Waals surface area contributed by atoms with Gasteiger partial charge in [-0.3, -0.25) is 9.59 Å². The lowest BCUT2D eigenvalue weighted by atomic mass is 9.78. The maximum Gasteiger partial charge on any atom is 0.303 e. The lowest BCUT2D eigenvalue weighted by molar-refractivity contribution is -0.138. The molecule has 4 heteroatoms. The van der Waals surface area contributed by atoms with Crippen molar-refractivity contribution in [2.75, 3.05) is 0 Å². The van der Waals surface area contributed by atoms with Crippen LogP contribution in [-0.4, -0.2) is 22.2 Å². The summed E-state index contributed by atoms with van der Waals surface area (Å²) in [5, 5.41) is 17.7. The number of carboxylic acid groups (broad SMARTS) is 2. The maximum atomic E-state index is 10.8. The smallest absolute Gasteiger partial charge is 0.303 e. The van der Waals surface area contributed by atoms with Gasteiger partial charge in [-0.1, -0.05) is 128 Å². The fourth-order valence-corrected chi connectivity index (χ4v) is 5.77. The average molecular weight is 563 g/mol. The first-order valence-corrected chi connectivity index (χ1v) is 17.2. The molecular formula is C36H66O4. The topological polar surface area (TPSA) is 74.6 Å². The first-order valence-electron chi connectivity index (χ1n) is 17.2. The van der Waals surface area contributed by atoms with Crippen molar-refractivity contribution in [3.63, 3.8) is 0 Å². The zero-order chi connectivity index (χ0) is 29.5. The fourth-order valence-electron chi connectivity index (χ4n) is 5.77. The Bertz CT molecular complexity index is 570. The molecule has 0 saturated carbocycles. The quantitative estimate of drug-likeness (QED) is 0.0651. The van der Waals surface area contributed by atoms with Crippen molar-refractivity contribution in [1.82, 2.24) is 0 Å². The molecule has 0 aliphatic rings. The van der Waals surface area contributed by atoms with E-state index in [1.807, 2.05) is 0 Å². The average Bonchev–Trinajstić information content (AvgIpc) is 2.92. The van der Waals surface area contributed by atoms with Crippen molar-refractivity contribution in [2.45, 2.75) is 181 Å². The Kier molecular flexibility index (Phi) is 29.2. The Balaban J connectivity index is 4.93. The highest BCUT2D eigenvalue weighted by Crippen LogP contribution is 2.33. The molecule has 0 aromatic rings. The second-order valence-corrected chi connectivity index (χ2v) is 12.0. The van der Waals surface area contributed by atoms with E-state index in [-0.39, 0.29) is 0 Å². The molecule has 234 valence electrons. The van der Waals surface area contributed by atoms with Crippen molar-refractivity contribution in [3.8, 4) is 0 Å². The Morgan fingerprint density at radius 3 is 1.18 bits per heavy atom. The fraction of sp³-hybridized carbons (Fsp3) is 0.833. The van der Waals surface area contributed by atoms with E-state index in [1.165, 1.54) is 116 Å². The number of unbranched alkanes of at least 4 members (excludes halogenated alkanes) is 14. The monoisotopic (exact) mass is 562 g/mol. The van der Waals surface area contributed by atoms with Gasteiger partial charge in [-0.05, 0) is 76.0 Å². The SMILES string of the molecule is CCCCCC=CCCC(CCCCCCCC(=O)O)C(CCC=CCCCCC)CCCCCCCC(=O)O. The summed E-state index contributed by atoms with van der Waals surface area (Å²) in [6.07, 6.45) is 39.0. The van der Waals surface area contributed by atoms with Gasteiger partial charge >= 0.3 is 11.9 Å². The Morgan fingerprint density at radius 2 is 0.800 bits per heavy atom. The highest BCUT2D eigenvalue weighted by Gasteiger charge is 2.20. The minimum atomic E-state index is -0.674. The maximum absolute atomic E-state index is 10.8. The van der Waals surface area contributed by atoms with Crippen LogP contribution in [0.15, 0.2) is 24.3 Å². The van der Waals surface area contributed by atoms with Crippen LogP contribution in [0.25, 0.3) is 0 Å². The molecular weight excluding hydrogens is 496 g/mol. The molecule has 0 aromatic heterocycles.